The highest BCUT2D eigenvalue weighted by Crippen LogP contribution is 2.25. The summed E-state index contributed by atoms with van der Waals surface area (Å²) in [6.45, 7) is 12.4. The van der Waals surface area contributed by atoms with Crippen LogP contribution in [-0.4, -0.2) is 202 Å². The van der Waals surface area contributed by atoms with Gasteiger partial charge in [-0.2, -0.15) is 0 Å². The Balaban J connectivity index is 2.40. The van der Waals surface area contributed by atoms with Crippen LogP contribution >= 0.6 is 0 Å². The molecule has 0 aliphatic carbocycles. The van der Waals surface area contributed by atoms with Crippen molar-refractivity contribution in [3.63, 3.8) is 0 Å². The Morgan fingerprint density at radius 2 is 1.28 bits per heavy atom. The number of nitrogens with two attached hydrogens (primary N) is 3. The number of rotatable bonds is 21. The number of aliphatic hydroxyl groups is 4. The third-order valence-corrected chi connectivity index (χ3v) is 15.0. The number of aliphatic imine (C=N–C) groups is 1. The van der Waals surface area contributed by atoms with E-state index in [0.29, 0.717) is 19.4 Å². The van der Waals surface area contributed by atoms with Crippen molar-refractivity contribution in [2.75, 3.05) is 26.2 Å². The van der Waals surface area contributed by atoms with Crippen LogP contribution in [0.1, 0.15) is 125 Å². The van der Waals surface area contributed by atoms with E-state index in [1.807, 2.05) is 10.6 Å². The molecule has 0 spiro atoms. The summed E-state index contributed by atoms with van der Waals surface area (Å²) in [5.41, 5.74) is 16.4. The van der Waals surface area contributed by atoms with Crippen LogP contribution in [0.5, 0.6) is 0 Å². The van der Waals surface area contributed by atoms with Crippen molar-refractivity contribution in [2.24, 2.45) is 45.9 Å². The zero-order valence-electron chi connectivity index (χ0n) is 52.5. The van der Waals surface area contributed by atoms with E-state index < -0.39 is 181 Å². The van der Waals surface area contributed by atoms with Crippen molar-refractivity contribution in [3.8, 4) is 0 Å². The monoisotopic (exact) mass is 1270 g/mol. The minimum atomic E-state index is -2.57. The molecule has 2 saturated heterocycles. The quantitative estimate of drug-likeness (QED) is 0.0236. The molecule has 0 saturated carbocycles. The van der Waals surface area contributed by atoms with Crippen LogP contribution in [0.25, 0.3) is 0 Å². The molecule has 0 bridgehead atoms. The van der Waals surface area contributed by atoms with Gasteiger partial charge in [-0.1, -0.05) is 98.6 Å². The van der Waals surface area contributed by atoms with Crippen LogP contribution in [0.4, 0.5) is 0 Å². The average Bonchev–Trinajstić information content (AvgIpc) is 1.24. The number of hydrogen-bond acceptors (Lipinski definition) is 19. The molecular weight excluding hydrogens is 1180 g/mol. The van der Waals surface area contributed by atoms with Crippen molar-refractivity contribution in [3.05, 3.63) is 35.9 Å². The zero-order valence-corrected chi connectivity index (χ0v) is 52.5. The Labute approximate surface area is 523 Å². The predicted molar refractivity (Wildman–Crippen MR) is 324 cm³/mol. The van der Waals surface area contributed by atoms with E-state index >= 15 is 4.79 Å². The fourth-order valence-electron chi connectivity index (χ4n) is 9.70. The summed E-state index contributed by atoms with van der Waals surface area (Å²) in [4.78, 5) is 174. The molecule has 2 heterocycles. The van der Waals surface area contributed by atoms with Crippen LogP contribution in [0.15, 0.2) is 35.3 Å². The number of guanidine groups is 1. The van der Waals surface area contributed by atoms with Crippen LogP contribution in [0, 0.1) is 23.7 Å². The molecule has 32 nitrogen and oxygen atoms in total. The topological polar surface area (TPSA) is 518 Å². The van der Waals surface area contributed by atoms with E-state index in [1.54, 1.807) is 41.5 Å². The number of ether oxygens (including phenoxy) is 1. The number of carbonyl (C=O) groups excluding carboxylic acids is 12. The standard InChI is InChI=1S/C58H95N15O17/c1-10-30(8)39-53(85)71-40(31(9)75)52(84)64-25-38(76)69-42(45(78)47(59)79)55(87)68-37(26-74)57(89)90-46(32-17-12-11-13-18-32)43(73-51(83)36(24-28(4)5)66-48(80)33-19-14-15-21-62-33)56(88)72-41(44(77)29(6)7)54(86)67-35(23-27(2)3)50(82)65-34(49(81)70-39)20-16-22-63-58(60)61/h11-13,17-18,27-31,33-37,39-46,62,74-75,77-78H,10,14-16,19-26H2,1-9H3,(H2,59,79)(H,64,84)(H,65,82)(H,66,80)(H,67,86)(H,68,87)(H,69,76)(H,70,81)(H,71,85)(H,72,88)(H,73,83)(H4,60,61,63)/t30-,31-,33+,34+,35-,36-,37-,39?,40?,41-,42-,43-,44+,45-,46+/m0/s1. The highest BCUT2D eigenvalue weighted by atomic mass is 16.5. The molecule has 32 heteroatoms. The van der Waals surface area contributed by atoms with E-state index in [0.717, 1.165) is 13.3 Å². The first kappa shape index (κ1) is 76.2. The maximum atomic E-state index is 15.4. The van der Waals surface area contributed by atoms with Gasteiger partial charge in [-0.25, -0.2) is 4.79 Å². The Bertz CT molecular complexity index is 2650. The van der Waals surface area contributed by atoms with Gasteiger partial charge in [-0.3, -0.25) is 57.7 Å². The SMILES string of the molecule is CC[C@H](C)C1NC(=O)[C@@H](CCCN=C(N)N)NC(=O)[C@H](CC(C)C)NC(=O)[C@H]([C@H](O)C(C)C)NC(=O)[C@@H](NC(=O)[C@H](CC(C)C)NC(=O)[C@H]2CCCCN2)[C@@H](c2ccccc2)OC(=O)[C@H](CO)NC(=O)[C@H]([C@H](O)C(N)=O)NC(=O)CNC(=O)C([C@H](C)O)NC1=O. The average molecular weight is 1270 g/mol. The minimum Gasteiger partial charge on any atom is -0.453 e. The fourth-order valence-corrected chi connectivity index (χ4v) is 9.70. The second-order valence-electron chi connectivity index (χ2n) is 23.8. The maximum absolute atomic E-state index is 15.4. The number of nitrogens with zero attached hydrogens (tertiary/aromatic N) is 1. The van der Waals surface area contributed by atoms with Crippen molar-refractivity contribution >= 4 is 76.9 Å². The van der Waals surface area contributed by atoms with Gasteiger partial charge in [0.05, 0.1) is 31.4 Å². The molecular formula is C58H95N15O17. The third kappa shape index (κ3) is 24.0. The number of cyclic esters (lactones) is 1. The van der Waals surface area contributed by atoms with Gasteiger partial charge in [0.1, 0.15) is 48.3 Å². The molecule has 2 aliphatic rings. The second-order valence-corrected chi connectivity index (χ2v) is 23.8. The Kier molecular flexibility index (Phi) is 31.5. The van der Waals surface area contributed by atoms with E-state index in [4.69, 9.17) is 21.9 Å². The molecule has 1 aromatic carbocycles. The van der Waals surface area contributed by atoms with Gasteiger partial charge in [0.15, 0.2) is 24.2 Å². The van der Waals surface area contributed by atoms with Crippen molar-refractivity contribution < 1.29 is 82.7 Å². The largest absolute Gasteiger partial charge is 0.453 e. The second kappa shape index (κ2) is 37.2. The Hall–Kier alpha value is -8.07. The van der Waals surface area contributed by atoms with Gasteiger partial charge >= 0.3 is 5.97 Å². The van der Waals surface area contributed by atoms with Crippen LogP contribution < -0.4 is 75.7 Å². The van der Waals surface area contributed by atoms with E-state index in [9.17, 15) is 73.2 Å². The molecule has 3 rings (SSSR count). The molecule has 21 N–H and O–H groups in total. The number of amides is 11. The minimum absolute atomic E-state index is 0.0143. The first-order valence-electron chi connectivity index (χ1n) is 30.3. The highest BCUT2D eigenvalue weighted by Gasteiger charge is 2.44. The highest BCUT2D eigenvalue weighted by molar-refractivity contribution is 6.00. The lowest BCUT2D eigenvalue weighted by Gasteiger charge is -2.34. The van der Waals surface area contributed by atoms with Gasteiger partial charge in [0.25, 0.3) is 0 Å². The lowest BCUT2D eigenvalue weighted by Crippen LogP contribution is -2.64. The number of benzene rings is 1. The van der Waals surface area contributed by atoms with Crippen LogP contribution in [0.3, 0.4) is 0 Å². The van der Waals surface area contributed by atoms with Gasteiger partial charge < -0.3 is 101 Å². The van der Waals surface area contributed by atoms with Crippen molar-refractivity contribution in [1.82, 2.24) is 58.5 Å². The van der Waals surface area contributed by atoms with E-state index in [-0.39, 0.29) is 62.0 Å². The molecule has 90 heavy (non-hydrogen) atoms. The number of aliphatic hydroxyl groups excluding tert-OH is 4. The lowest BCUT2D eigenvalue weighted by molar-refractivity contribution is -0.159. The van der Waals surface area contributed by atoms with Gasteiger partial charge in [0.2, 0.25) is 65.0 Å². The van der Waals surface area contributed by atoms with Crippen LogP contribution in [-0.2, 0) is 62.3 Å². The van der Waals surface area contributed by atoms with Crippen LogP contribution in [0.2, 0.25) is 0 Å². The molecule has 2 fully saturated rings. The predicted octanol–water partition coefficient (Wildman–Crippen LogP) is -5.67. The number of esters is 1. The number of carbonyl (C=O) groups is 12. The molecule has 15 atom stereocenters. The summed E-state index contributed by atoms with van der Waals surface area (Å²) in [7, 11) is 0. The van der Waals surface area contributed by atoms with Crippen molar-refractivity contribution in [1.29, 1.82) is 0 Å². The number of primary amides is 1. The summed E-state index contributed by atoms with van der Waals surface area (Å²) in [5.74, 6) is -16.7. The molecule has 504 valence electrons. The number of hydrogen-bond donors (Lipinski definition) is 18. The molecule has 2 aliphatic heterocycles. The number of nitrogens with one attached hydrogen (secondary N) is 11. The van der Waals surface area contributed by atoms with Crippen molar-refractivity contribution in [2.45, 2.75) is 199 Å². The molecule has 2 unspecified atom stereocenters. The summed E-state index contributed by atoms with van der Waals surface area (Å²) < 4.78 is 5.94. The molecule has 11 amide bonds. The molecule has 1 aromatic rings. The zero-order chi connectivity index (χ0) is 67.7. The molecule has 0 radical (unpaired) electrons. The first-order chi connectivity index (χ1) is 42.3. The first-order valence-corrected chi connectivity index (χ1v) is 30.3. The summed E-state index contributed by atoms with van der Waals surface area (Å²) in [6.07, 6.45) is -6.16. The van der Waals surface area contributed by atoms with E-state index in [1.165, 1.54) is 44.2 Å². The van der Waals surface area contributed by atoms with Gasteiger partial charge in [0, 0.05) is 6.54 Å². The third-order valence-electron chi connectivity index (χ3n) is 15.0. The normalized spacial score (nSPS) is 26.1. The maximum Gasteiger partial charge on any atom is 0.331 e. The Morgan fingerprint density at radius 1 is 0.689 bits per heavy atom. The Morgan fingerprint density at radius 3 is 1.83 bits per heavy atom. The summed E-state index contributed by atoms with van der Waals surface area (Å²) >= 11 is 0. The summed E-state index contributed by atoms with van der Waals surface area (Å²) in [6, 6.07) is -10.1. The fraction of sp³-hybridized carbons (Fsp3) is 0.672. The lowest BCUT2D eigenvalue weighted by atomic mass is 9.95. The molecule has 0 aromatic heterocycles. The van der Waals surface area contributed by atoms with Gasteiger partial charge in [-0.15, -0.1) is 0 Å². The van der Waals surface area contributed by atoms with Gasteiger partial charge in [-0.05, 0) is 81.2 Å². The van der Waals surface area contributed by atoms with E-state index in [2.05, 4.69) is 52.8 Å². The summed E-state index contributed by atoms with van der Waals surface area (Å²) in [5, 5.41) is 71.4. The smallest absolute Gasteiger partial charge is 0.331 e. The number of piperidine rings is 1.